The molecule has 0 unspecified atom stereocenters. The highest BCUT2D eigenvalue weighted by atomic mass is 16.7. The smallest absolute Gasteiger partial charge is 0.215 e. The van der Waals surface area contributed by atoms with Crippen molar-refractivity contribution < 1.29 is 9.47 Å². The molecule has 0 saturated carbocycles. The lowest BCUT2D eigenvalue weighted by molar-refractivity contribution is -0.186. The van der Waals surface area contributed by atoms with E-state index in [4.69, 9.17) is 9.47 Å². The van der Waals surface area contributed by atoms with Gasteiger partial charge >= 0.3 is 0 Å². The molecule has 1 aromatic carbocycles. The molecule has 1 aliphatic rings. The van der Waals surface area contributed by atoms with E-state index in [-0.39, 0.29) is 6.10 Å². The first kappa shape index (κ1) is 11.4. The van der Waals surface area contributed by atoms with Crippen LogP contribution in [0.4, 0.5) is 0 Å². The van der Waals surface area contributed by atoms with E-state index in [2.05, 4.69) is 10.1 Å². The molecule has 18 heavy (non-hydrogen) atoms. The van der Waals surface area contributed by atoms with Crippen LogP contribution in [-0.2, 0) is 21.8 Å². The quantitative estimate of drug-likeness (QED) is 0.823. The Hall–Kier alpha value is -1.72. The lowest BCUT2D eigenvalue weighted by atomic mass is 10.1. The minimum absolute atomic E-state index is 0.0775. The summed E-state index contributed by atoms with van der Waals surface area (Å²) in [6.45, 7) is 3.09. The fourth-order valence-electron chi connectivity index (χ4n) is 2.19. The van der Waals surface area contributed by atoms with Crippen LogP contribution < -0.4 is 0 Å². The summed E-state index contributed by atoms with van der Waals surface area (Å²) in [6, 6.07) is 9.96. The minimum Gasteiger partial charge on any atom is -0.342 e. The number of benzene rings is 1. The zero-order valence-corrected chi connectivity index (χ0v) is 10.2. The fourth-order valence-corrected chi connectivity index (χ4v) is 2.19. The van der Waals surface area contributed by atoms with Crippen molar-refractivity contribution in [3.8, 4) is 0 Å². The number of hydrogen-bond donors (Lipinski definition) is 0. The average molecular weight is 245 g/mol. The van der Waals surface area contributed by atoms with Crippen LogP contribution in [0.15, 0.2) is 43.0 Å². The topological polar surface area (TPSA) is 49.2 Å². The standard InChI is InChI=1S/C13H15N3O2/c1-11-7-17-13(18-11,8-16-10-14-9-15-16)12-5-3-2-4-6-12/h2-6,9-11H,7-8H2,1H3/t11-,13+/m1/s1. The van der Waals surface area contributed by atoms with Crippen molar-refractivity contribution in [3.63, 3.8) is 0 Å². The summed E-state index contributed by atoms with van der Waals surface area (Å²) >= 11 is 0. The van der Waals surface area contributed by atoms with Gasteiger partial charge in [-0.2, -0.15) is 5.10 Å². The van der Waals surface area contributed by atoms with E-state index in [9.17, 15) is 0 Å². The summed E-state index contributed by atoms with van der Waals surface area (Å²) in [5.74, 6) is -0.756. The maximum Gasteiger partial charge on any atom is 0.215 e. The third kappa shape index (κ3) is 2.02. The maximum atomic E-state index is 6.00. The highest BCUT2D eigenvalue weighted by molar-refractivity contribution is 5.21. The Morgan fingerprint density at radius 1 is 1.39 bits per heavy atom. The van der Waals surface area contributed by atoms with Gasteiger partial charge in [0.1, 0.15) is 19.2 Å². The molecule has 1 saturated heterocycles. The first-order chi connectivity index (χ1) is 8.78. The van der Waals surface area contributed by atoms with Gasteiger partial charge < -0.3 is 9.47 Å². The monoisotopic (exact) mass is 245 g/mol. The summed E-state index contributed by atoms with van der Waals surface area (Å²) in [5.41, 5.74) is 1.00. The lowest BCUT2D eigenvalue weighted by Gasteiger charge is -2.28. The van der Waals surface area contributed by atoms with Crippen LogP contribution in [0.3, 0.4) is 0 Å². The van der Waals surface area contributed by atoms with E-state index >= 15 is 0 Å². The van der Waals surface area contributed by atoms with Crippen molar-refractivity contribution >= 4 is 0 Å². The minimum atomic E-state index is -0.756. The van der Waals surface area contributed by atoms with Crippen molar-refractivity contribution in [2.24, 2.45) is 0 Å². The summed E-state index contributed by atoms with van der Waals surface area (Å²) in [5, 5.41) is 4.12. The second kappa shape index (κ2) is 4.51. The molecule has 0 radical (unpaired) electrons. The first-order valence-corrected chi connectivity index (χ1v) is 5.98. The van der Waals surface area contributed by atoms with E-state index in [1.807, 2.05) is 37.3 Å². The molecule has 1 aliphatic heterocycles. The molecule has 0 aliphatic carbocycles. The van der Waals surface area contributed by atoms with Gasteiger partial charge in [0.2, 0.25) is 5.79 Å². The molecular formula is C13H15N3O2. The number of hydrogen-bond acceptors (Lipinski definition) is 4. The van der Waals surface area contributed by atoms with Gasteiger partial charge in [0, 0.05) is 5.56 Å². The van der Waals surface area contributed by atoms with E-state index in [1.165, 1.54) is 6.33 Å². The van der Waals surface area contributed by atoms with Crippen molar-refractivity contribution in [3.05, 3.63) is 48.5 Å². The molecule has 0 spiro atoms. The van der Waals surface area contributed by atoms with E-state index in [0.29, 0.717) is 13.2 Å². The van der Waals surface area contributed by atoms with Gasteiger partial charge in [-0.05, 0) is 6.92 Å². The zero-order chi connectivity index (χ0) is 12.4. The fraction of sp³-hybridized carbons (Fsp3) is 0.385. The van der Waals surface area contributed by atoms with Crippen LogP contribution in [-0.4, -0.2) is 27.5 Å². The highest BCUT2D eigenvalue weighted by Gasteiger charge is 2.42. The van der Waals surface area contributed by atoms with Gasteiger partial charge in [-0.1, -0.05) is 30.3 Å². The second-order valence-electron chi connectivity index (χ2n) is 4.45. The third-order valence-electron chi connectivity index (χ3n) is 2.99. The van der Waals surface area contributed by atoms with Crippen LogP contribution in [0.5, 0.6) is 0 Å². The van der Waals surface area contributed by atoms with Crippen LogP contribution in [0.2, 0.25) is 0 Å². The van der Waals surface area contributed by atoms with Gasteiger partial charge in [-0.3, -0.25) is 0 Å². The maximum absolute atomic E-state index is 6.00. The SMILES string of the molecule is C[C@@H]1CO[C@](Cn2cncn2)(c2ccccc2)O1. The van der Waals surface area contributed by atoms with Crippen molar-refractivity contribution in [1.29, 1.82) is 0 Å². The number of nitrogens with zero attached hydrogens (tertiary/aromatic N) is 3. The van der Waals surface area contributed by atoms with E-state index in [0.717, 1.165) is 5.56 Å². The molecule has 2 heterocycles. The van der Waals surface area contributed by atoms with Gasteiger partial charge in [0.25, 0.3) is 0 Å². The number of rotatable bonds is 3. The number of aromatic nitrogens is 3. The molecule has 1 fully saturated rings. The van der Waals surface area contributed by atoms with Gasteiger partial charge in [0.15, 0.2) is 0 Å². The molecule has 2 aromatic rings. The predicted molar refractivity (Wildman–Crippen MR) is 64.6 cm³/mol. The molecule has 0 amide bonds. The molecule has 5 nitrogen and oxygen atoms in total. The molecule has 5 heteroatoms. The predicted octanol–water partition coefficient (Wildman–Crippen LogP) is 1.57. The number of ether oxygens (including phenoxy) is 2. The first-order valence-electron chi connectivity index (χ1n) is 5.98. The van der Waals surface area contributed by atoms with Crippen molar-refractivity contribution in [1.82, 2.24) is 14.8 Å². The largest absolute Gasteiger partial charge is 0.342 e. The second-order valence-corrected chi connectivity index (χ2v) is 4.45. The van der Waals surface area contributed by atoms with Gasteiger partial charge in [-0.15, -0.1) is 0 Å². The summed E-state index contributed by atoms with van der Waals surface area (Å²) < 4.78 is 13.6. The summed E-state index contributed by atoms with van der Waals surface area (Å²) in [4.78, 5) is 3.95. The highest BCUT2D eigenvalue weighted by Crippen LogP contribution is 2.35. The average Bonchev–Trinajstić information content (AvgIpc) is 3.02. The summed E-state index contributed by atoms with van der Waals surface area (Å²) in [6.07, 6.45) is 3.26. The van der Waals surface area contributed by atoms with Crippen molar-refractivity contribution in [2.45, 2.75) is 25.4 Å². The molecule has 94 valence electrons. The molecule has 2 atom stereocenters. The van der Waals surface area contributed by atoms with E-state index < -0.39 is 5.79 Å². The van der Waals surface area contributed by atoms with E-state index in [1.54, 1.807) is 11.0 Å². The van der Waals surface area contributed by atoms with Crippen LogP contribution in [0.25, 0.3) is 0 Å². The normalized spacial score (nSPS) is 27.5. The summed E-state index contributed by atoms with van der Waals surface area (Å²) in [7, 11) is 0. The Bertz CT molecular complexity index is 500. The molecular weight excluding hydrogens is 230 g/mol. The molecule has 1 aromatic heterocycles. The van der Waals surface area contributed by atoms with Gasteiger partial charge in [0.05, 0.1) is 12.7 Å². The molecule has 3 rings (SSSR count). The van der Waals surface area contributed by atoms with Crippen LogP contribution >= 0.6 is 0 Å². The Balaban J connectivity index is 1.94. The Morgan fingerprint density at radius 3 is 2.83 bits per heavy atom. The lowest BCUT2D eigenvalue weighted by Crippen LogP contribution is -2.33. The Labute approximate surface area is 105 Å². The van der Waals surface area contributed by atoms with Gasteiger partial charge in [-0.25, -0.2) is 9.67 Å². The molecule has 0 N–H and O–H groups in total. The third-order valence-corrected chi connectivity index (χ3v) is 2.99. The van der Waals surface area contributed by atoms with Crippen LogP contribution in [0, 0.1) is 0 Å². The Kier molecular flexibility index (Phi) is 2.85. The van der Waals surface area contributed by atoms with Crippen molar-refractivity contribution in [2.75, 3.05) is 6.61 Å². The Morgan fingerprint density at radius 2 is 2.22 bits per heavy atom. The molecule has 0 bridgehead atoms. The zero-order valence-electron chi connectivity index (χ0n) is 10.2. The van der Waals surface area contributed by atoms with Crippen LogP contribution in [0.1, 0.15) is 12.5 Å².